The number of aliphatic hydroxyl groups is 1. The summed E-state index contributed by atoms with van der Waals surface area (Å²) >= 11 is 0. The Labute approximate surface area is 105 Å². The highest BCUT2D eigenvalue weighted by molar-refractivity contribution is 4.42. The minimum Gasteiger partial charge on any atom is -0.396 e. The van der Waals surface area contributed by atoms with Crippen LogP contribution in [0.25, 0.3) is 0 Å². The van der Waals surface area contributed by atoms with Gasteiger partial charge in [-0.15, -0.1) is 0 Å². The first-order valence-corrected chi connectivity index (χ1v) is 6.67. The molecule has 0 saturated carbocycles. The molecule has 4 heteroatoms. The average molecular weight is 248 g/mol. The van der Waals surface area contributed by atoms with Gasteiger partial charge in [-0.25, -0.2) is 0 Å². The predicted octanol–water partition coefficient (Wildman–Crippen LogP) is 2.00. The second kappa shape index (κ2) is 15.8. The zero-order chi connectivity index (χ0) is 12.6. The normalized spacial score (nSPS) is 10.9. The van der Waals surface area contributed by atoms with Crippen molar-refractivity contribution in [3.63, 3.8) is 0 Å². The van der Waals surface area contributed by atoms with Gasteiger partial charge in [-0.1, -0.05) is 0 Å². The van der Waals surface area contributed by atoms with Crippen molar-refractivity contribution in [1.29, 1.82) is 0 Å². The van der Waals surface area contributed by atoms with Crippen LogP contribution in [0.5, 0.6) is 0 Å². The first-order chi connectivity index (χ1) is 8.41. The molecular weight excluding hydrogens is 220 g/mol. The van der Waals surface area contributed by atoms with Gasteiger partial charge in [0.05, 0.1) is 0 Å². The predicted molar refractivity (Wildman–Crippen MR) is 68.3 cm³/mol. The van der Waals surface area contributed by atoms with Crippen molar-refractivity contribution >= 4 is 0 Å². The third kappa shape index (κ3) is 15.8. The Morgan fingerprint density at radius 2 is 1.06 bits per heavy atom. The fourth-order valence-corrected chi connectivity index (χ4v) is 1.38. The maximum atomic E-state index is 8.56. The van der Waals surface area contributed by atoms with E-state index in [1.807, 2.05) is 0 Å². The number of ether oxygens (including phenoxy) is 3. The molecule has 0 saturated heterocycles. The number of aliphatic hydroxyl groups excluding tert-OH is 1. The van der Waals surface area contributed by atoms with E-state index in [4.69, 9.17) is 19.3 Å². The van der Waals surface area contributed by atoms with Gasteiger partial charge < -0.3 is 19.3 Å². The maximum absolute atomic E-state index is 8.56. The van der Waals surface area contributed by atoms with Crippen molar-refractivity contribution < 1.29 is 19.3 Å². The van der Waals surface area contributed by atoms with Crippen molar-refractivity contribution in [2.24, 2.45) is 0 Å². The Balaban J connectivity index is 2.85. The van der Waals surface area contributed by atoms with Gasteiger partial charge in [0, 0.05) is 46.8 Å². The Morgan fingerprint density at radius 3 is 1.47 bits per heavy atom. The highest BCUT2D eigenvalue weighted by Gasteiger charge is 1.92. The van der Waals surface area contributed by atoms with Gasteiger partial charge in [0.25, 0.3) is 0 Å². The van der Waals surface area contributed by atoms with Crippen LogP contribution in [-0.4, -0.2) is 51.9 Å². The second-order valence-electron chi connectivity index (χ2n) is 4.06. The SMILES string of the molecule is COCCCCOCCCCOCCCCO. The molecule has 4 nitrogen and oxygen atoms in total. The first-order valence-electron chi connectivity index (χ1n) is 6.67. The molecule has 0 bridgehead atoms. The highest BCUT2D eigenvalue weighted by atomic mass is 16.5. The van der Waals surface area contributed by atoms with Crippen molar-refractivity contribution in [3.8, 4) is 0 Å². The number of rotatable bonds is 14. The molecule has 17 heavy (non-hydrogen) atoms. The van der Waals surface area contributed by atoms with Crippen LogP contribution in [0.1, 0.15) is 38.5 Å². The summed E-state index contributed by atoms with van der Waals surface area (Å²) in [6.07, 6.45) is 6.05. The van der Waals surface area contributed by atoms with E-state index in [0.29, 0.717) is 0 Å². The number of unbranched alkanes of at least 4 members (excludes halogenated alkanes) is 3. The minimum atomic E-state index is 0.264. The highest BCUT2D eigenvalue weighted by Crippen LogP contribution is 1.96. The average Bonchev–Trinajstić information content (AvgIpc) is 2.35. The van der Waals surface area contributed by atoms with E-state index in [2.05, 4.69) is 0 Å². The van der Waals surface area contributed by atoms with Crippen LogP contribution in [0.15, 0.2) is 0 Å². The molecule has 0 spiro atoms. The summed E-state index contributed by atoms with van der Waals surface area (Å²) < 4.78 is 15.8. The summed E-state index contributed by atoms with van der Waals surface area (Å²) in [5.74, 6) is 0. The second-order valence-corrected chi connectivity index (χ2v) is 4.06. The lowest BCUT2D eigenvalue weighted by Gasteiger charge is -2.05. The summed E-state index contributed by atoms with van der Waals surface area (Å²) in [5, 5.41) is 8.56. The van der Waals surface area contributed by atoms with Crippen LogP contribution in [-0.2, 0) is 14.2 Å². The lowest BCUT2D eigenvalue weighted by atomic mass is 10.3. The van der Waals surface area contributed by atoms with Crippen LogP contribution < -0.4 is 0 Å². The van der Waals surface area contributed by atoms with Crippen molar-refractivity contribution in [3.05, 3.63) is 0 Å². The van der Waals surface area contributed by atoms with E-state index < -0.39 is 0 Å². The standard InChI is InChI=1S/C13H28O4/c1-15-9-4-5-11-17-13-7-6-12-16-10-3-2-8-14/h14H,2-13H2,1H3. The lowest BCUT2D eigenvalue weighted by Crippen LogP contribution is -2.02. The Morgan fingerprint density at radius 1 is 0.647 bits per heavy atom. The van der Waals surface area contributed by atoms with Crippen LogP contribution in [0.2, 0.25) is 0 Å². The van der Waals surface area contributed by atoms with Crippen LogP contribution in [0.4, 0.5) is 0 Å². The van der Waals surface area contributed by atoms with E-state index in [0.717, 1.165) is 71.6 Å². The molecule has 0 aromatic carbocycles. The maximum Gasteiger partial charge on any atom is 0.0466 e. The molecule has 0 aliphatic carbocycles. The number of methoxy groups -OCH3 is 1. The third-order valence-corrected chi connectivity index (χ3v) is 2.41. The van der Waals surface area contributed by atoms with Gasteiger partial charge in [-0.2, -0.15) is 0 Å². The molecule has 104 valence electrons. The minimum absolute atomic E-state index is 0.264. The van der Waals surface area contributed by atoms with Crippen LogP contribution in [0.3, 0.4) is 0 Å². The monoisotopic (exact) mass is 248 g/mol. The number of hydrogen-bond donors (Lipinski definition) is 1. The van der Waals surface area contributed by atoms with Crippen molar-refractivity contribution in [1.82, 2.24) is 0 Å². The van der Waals surface area contributed by atoms with Gasteiger partial charge in [0.1, 0.15) is 0 Å². The lowest BCUT2D eigenvalue weighted by molar-refractivity contribution is 0.0942. The van der Waals surface area contributed by atoms with Gasteiger partial charge in [-0.3, -0.25) is 0 Å². The smallest absolute Gasteiger partial charge is 0.0466 e. The molecule has 0 fully saturated rings. The Hall–Kier alpha value is -0.160. The molecule has 0 aromatic rings. The summed E-state index contributed by atoms with van der Waals surface area (Å²) in [6.45, 7) is 4.32. The molecule has 1 N–H and O–H groups in total. The molecule has 0 radical (unpaired) electrons. The molecule has 0 rings (SSSR count). The molecule has 0 unspecified atom stereocenters. The zero-order valence-electron chi connectivity index (χ0n) is 11.2. The van der Waals surface area contributed by atoms with E-state index in [-0.39, 0.29) is 6.61 Å². The topological polar surface area (TPSA) is 47.9 Å². The Bertz CT molecular complexity index is 117. The summed E-state index contributed by atoms with van der Waals surface area (Å²) in [7, 11) is 1.72. The van der Waals surface area contributed by atoms with Gasteiger partial charge >= 0.3 is 0 Å². The molecule has 0 aliphatic heterocycles. The summed E-state index contributed by atoms with van der Waals surface area (Å²) in [6, 6.07) is 0. The van der Waals surface area contributed by atoms with E-state index in [1.165, 1.54) is 0 Å². The fourth-order valence-electron chi connectivity index (χ4n) is 1.38. The molecule has 0 amide bonds. The fraction of sp³-hybridized carbons (Fsp3) is 1.00. The van der Waals surface area contributed by atoms with Crippen molar-refractivity contribution in [2.75, 3.05) is 46.8 Å². The molecule has 0 heterocycles. The molecular formula is C13H28O4. The molecule has 0 aromatic heterocycles. The van der Waals surface area contributed by atoms with Crippen LogP contribution in [0, 0.1) is 0 Å². The molecule has 0 atom stereocenters. The van der Waals surface area contributed by atoms with Crippen LogP contribution >= 0.6 is 0 Å². The summed E-state index contributed by atoms with van der Waals surface area (Å²) in [5.41, 5.74) is 0. The largest absolute Gasteiger partial charge is 0.396 e. The van der Waals surface area contributed by atoms with Gasteiger partial charge in [0.15, 0.2) is 0 Å². The van der Waals surface area contributed by atoms with Crippen molar-refractivity contribution in [2.45, 2.75) is 38.5 Å². The van der Waals surface area contributed by atoms with Gasteiger partial charge in [0.2, 0.25) is 0 Å². The third-order valence-electron chi connectivity index (χ3n) is 2.41. The van der Waals surface area contributed by atoms with E-state index in [9.17, 15) is 0 Å². The van der Waals surface area contributed by atoms with Gasteiger partial charge in [-0.05, 0) is 38.5 Å². The first kappa shape index (κ1) is 16.8. The quantitative estimate of drug-likeness (QED) is 0.478. The zero-order valence-corrected chi connectivity index (χ0v) is 11.2. The molecule has 0 aliphatic rings. The van der Waals surface area contributed by atoms with E-state index in [1.54, 1.807) is 7.11 Å². The summed E-state index contributed by atoms with van der Waals surface area (Å²) in [4.78, 5) is 0. The number of hydrogen-bond acceptors (Lipinski definition) is 4. The Kier molecular flexibility index (Phi) is 15.7. The van der Waals surface area contributed by atoms with E-state index >= 15 is 0 Å².